The fourth-order valence-electron chi connectivity index (χ4n) is 5.07. The molecule has 0 aliphatic heterocycles. The van der Waals surface area contributed by atoms with Gasteiger partial charge in [0.2, 0.25) is 0 Å². The highest BCUT2D eigenvalue weighted by molar-refractivity contribution is 6.09. The van der Waals surface area contributed by atoms with Crippen molar-refractivity contribution < 1.29 is 4.79 Å². The summed E-state index contributed by atoms with van der Waals surface area (Å²) in [5.41, 5.74) is 8.16. The highest BCUT2D eigenvalue weighted by Crippen LogP contribution is 2.34. The van der Waals surface area contributed by atoms with Crippen LogP contribution in [0.3, 0.4) is 0 Å². The summed E-state index contributed by atoms with van der Waals surface area (Å²) in [5, 5.41) is 3.99. The van der Waals surface area contributed by atoms with Crippen LogP contribution in [0.1, 0.15) is 64.6 Å². The normalized spacial score (nSPS) is 12.3. The Morgan fingerprint density at radius 3 is 2.49 bits per heavy atom. The standard InChI is InChI=1S/C31H38N4O2/c1-8-22(5)35-17-20(3)29-26(30(36)32-16-27-19(2)12-21(4)33-31(27)37)14-25(15-28(29)35)24-11-9-10-23(13-24)18-34(6)7/h9-15,17,22H,8,16,18H2,1-7H3,(H,32,36)(H,33,37). The van der Waals surface area contributed by atoms with Crippen LogP contribution in [-0.2, 0) is 13.1 Å². The van der Waals surface area contributed by atoms with Crippen LogP contribution in [0.4, 0.5) is 0 Å². The average Bonchev–Trinajstić information content (AvgIpc) is 3.18. The molecule has 0 fully saturated rings. The molecule has 2 heterocycles. The van der Waals surface area contributed by atoms with Crippen molar-refractivity contribution in [2.75, 3.05) is 14.1 Å². The van der Waals surface area contributed by atoms with Crippen LogP contribution >= 0.6 is 0 Å². The van der Waals surface area contributed by atoms with E-state index >= 15 is 0 Å². The number of amides is 1. The molecule has 6 heteroatoms. The smallest absolute Gasteiger partial charge is 0.253 e. The lowest BCUT2D eigenvalue weighted by Crippen LogP contribution is -2.28. The molecular weight excluding hydrogens is 460 g/mol. The van der Waals surface area contributed by atoms with Gasteiger partial charge >= 0.3 is 0 Å². The Morgan fingerprint density at radius 2 is 1.81 bits per heavy atom. The molecule has 0 spiro atoms. The monoisotopic (exact) mass is 498 g/mol. The summed E-state index contributed by atoms with van der Waals surface area (Å²) < 4.78 is 2.28. The molecule has 1 amide bonds. The van der Waals surface area contributed by atoms with Gasteiger partial charge in [-0.05, 0) is 100 Å². The SMILES string of the molecule is CCC(C)n1cc(C)c2c(C(=O)NCc3c(C)cc(C)[nH]c3=O)cc(-c3cccc(CN(C)C)c3)cc21. The van der Waals surface area contributed by atoms with Gasteiger partial charge in [-0.3, -0.25) is 9.59 Å². The molecule has 1 unspecified atom stereocenters. The molecule has 0 radical (unpaired) electrons. The van der Waals surface area contributed by atoms with Crippen molar-refractivity contribution in [1.82, 2.24) is 19.8 Å². The minimum Gasteiger partial charge on any atom is -0.348 e. The minimum atomic E-state index is -0.180. The van der Waals surface area contributed by atoms with Crippen LogP contribution < -0.4 is 10.9 Å². The van der Waals surface area contributed by atoms with Crippen LogP contribution in [0.25, 0.3) is 22.0 Å². The zero-order valence-corrected chi connectivity index (χ0v) is 23.0. The van der Waals surface area contributed by atoms with Crippen molar-refractivity contribution in [2.45, 2.75) is 60.2 Å². The molecule has 0 aliphatic carbocycles. The molecule has 37 heavy (non-hydrogen) atoms. The van der Waals surface area contributed by atoms with E-state index in [1.54, 1.807) is 0 Å². The van der Waals surface area contributed by atoms with Gasteiger partial charge in [-0.2, -0.15) is 0 Å². The fourth-order valence-corrected chi connectivity index (χ4v) is 5.07. The summed E-state index contributed by atoms with van der Waals surface area (Å²) in [5.74, 6) is -0.180. The number of pyridine rings is 1. The van der Waals surface area contributed by atoms with Crippen molar-refractivity contribution in [1.29, 1.82) is 0 Å². The number of carbonyl (C=O) groups excluding carboxylic acids is 1. The topological polar surface area (TPSA) is 70.1 Å². The Bertz CT molecular complexity index is 1510. The number of aromatic nitrogens is 2. The van der Waals surface area contributed by atoms with E-state index in [2.05, 4.69) is 91.2 Å². The van der Waals surface area contributed by atoms with Gasteiger partial charge in [0, 0.05) is 53.1 Å². The molecule has 4 rings (SSSR count). The van der Waals surface area contributed by atoms with E-state index < -0.39 is 0 Å². The van der Waals surface area contributed by atoms with Crippen molar-refractivity contribution in [3.63, 3.8) is 0 Å². The van der Waals surface area contributed by atoms with Crippen molar-refractivity contribution in [3.8, 4) is 11.1 Å². The molecule has 0 bridgehead atoms. The van der Waals surface area contributed by atoms with Crippen LogP contribution in [-0.4, -0.2) is 34.5 Å². The van der Waals surface area contributed by atoms with E-state index in [9.17, 15) is 9.59 Å². The third-order valence-corrected chi connectivity index (χ3v) is 7.11. The first-order valence-electron chi connectivity index (χ1n) is 13.0. The first kappa shape index (κ1) is 26.4. The molecule has 0 aliphatic rings. The number of aryl methyl sites for hydroxylation is 3. The number of hydrogen-bond donors (Lipinski definition) is 2. The third-order valence-electron chi connectivity index (χ3n) is 7.11. The molecule has 1 atom stereocenters. The van der Waals surface area contributed by atoms with Gasteiger partial charge in [-0.25, -0.2) is 0 Å². The lowest BCUT2D eigenvalue weighted by atomic mass is 9.96. The maximum Gasteiger partial charge on any atom is 0.253 e. The second kappa shape index (κ2) is 10.8. The number of carbonyl (C=O) groups is 1. The summed E-state index contributed by atoms with van der Waals surface area (Å²) in [6.45, 7) is 11.2. The molecular formula is C31H38N4O2. The quantitative estimate of drug-likeness (QED) is 0.318. The van der Waals surface area contributed by atoms with Gasteiger partial charge < -0.3 is 19.8 Å². The van der Waals surface area contributed by atoms with E-state index in [4.69, 9.17) is 0 Å². The van der Waals surface area contributed by atoms with E-state index in [0.717, 1.165) is 51.8 Å². The van der Waals surface area contributed by atoms with Crippen LogP contribution in [0.5, 0.6) is 0 Å². The number of fused-ring (bicyclic) bond motifs is 1. The lowest BCUT2D eigenvalue weighted by molar-refractivity contribution is 0.0952. The van der Waals surface area contributed by atoms with E-state index in [-0.39, 0.29) is 18.0 Å². The van der Waals surface area contributed by atoms with Crippen LogP contribution in [0.2, 0.25) is 0 Å². The fraction of sp³-hybridized carbons (Fsp3) is 0.355. The second-order valence-electron chi connectivity index (χ2n) is 10.5. The number of H-pyrrole nitrogens is 1. The molecule has 2 N–H and O–H groups in total. The van der Waals surface area contributed by atoms with Gasteiger partial charge in [0.05, 0.1) is 0 Å². The third kappa shape index (κ3) is 5.54. The highest BCUT2D eigenvalue weighted by Gasteiger charge is 2.20. The number of hydrogen-bond acceptors (Lipinski definition) is 3. The highest BCUT2D eigenvalue weighted by atomic mass is 16.1. The van der Waals surface area contributed by atoms with Gasteiger partial charge in [0.15, 0.2) is 0 Å². The van der Waals surface area contributed by atoms with E-state index in [0.29, 0.717) is 17.2 Å². The van der Waals surface area contributed by atoms with Gasteiger partial charge in [0.1, 0.15) is 0 Å². The maximum atomic E-state index is 13.7. The van der Waals surface area contributed by atoms with Gasteiger partial charge in [-0.1, -0.05) is 25.1 Å². The number of aromatic amines is 1. The zero-order valence-electron chi connectivity index (χ0n) is 23.0. The average molecular weight is 499 g/mol. The Hall–Kier alpha value is -3.64. The molecule has 4 aromatic rings. The summed E-state index contributed by atoms with van der Waals surface area (Å²) in [7, 11) is 4.12. The maximum absolute atomic E-state index is 13.7. The molecule has 194 valence electrons. The number of rotatable bonds is 8. The Morgan fingerprint density at radius 1 is 1.05 bits per heavy atom. The summed E-state index contributed by atoms with van der Waals surface area (Å²) in [6.07, 6.45) is 3.14. The van der Waals surface area contributed by atoms with Gasteiger partial charge in [-0.15, -0.1) is 0 Å². The van der Waals surface area contributed by atoms with Gasteiger partial charge in [0.25, 0.3) is 11.5 Å². The second-order valence-corrected chi connectivity index (χ2v) is 10.5. The van der Waals surface area contributed by atoms with Crippen LogP contribution in [0.15, 0.2) is 53.5 Å². The molecule has 0 saturated heterocycles. The van der Waals surface area contributed by atoms with Crippen LogP contribution in [0, 0.1) is 20.8 Å². The lowest BCUT2D eigenvalue weighted by Gasteiger charge is -2.16. The number of benzene rings is 2. The van der Waals surface area contributed by atoms with E-state index in [1.807, 2.05) is 26.0 Å². The largest absolute Gasteiger partial charge is 0.348 e. The first-order valence-corrected chi connectivity index (χ1v) is 13.0. The van der Waals surface area contributed by atoms with Crippen molar-refractivity contribution in [3.05, 3.63) is 92.5 Å². The van der Waals surface area contributed by atoms with Crippen molar-refractivity contribution >= 4 is 16.8 Å². The predicted octanol–water partition coefficient (Wildman–Crippen LogP) is 5.88. The summed E-state index contributed by atoms with van der Waals surface area (Å²) >= 11 is 0. The first-order chi connectivity index (χ1) is 17.6. The van der Waals surface area contributed by atoms with E-state index in [1.165, 1.54) is 5.56 Å². The number of nitrogens with zero attached hydrogens (tertiary/aromatic N) is 2. The zero-order chi connectivity index (χ0) is 26.9. The molecule has 2 aromatic carbocycles. The molecule has 6 nitrogen and oxygen atoms in total. The Balaban J connectivity index is 1.82. The molecule has 2 aromatic heterocycles. The minimum absolute atomic E-state index is 0.159. The number of nitrogens with one attached hydrogen (secondary N) is 2. The summed E-state index contributed by atoms with van der Waals surface area (Å²) in [6, 6.07) is 14.9. The summed E-state index contributed by atoms with van der Waals surface area (Å²) in [4.78, 5) is 31.2. The Kier molecular flexibility index (Phi) is 7.69. The Labute approximate surface area is 219 Å². The van der Waals surface area contributed by atoms with Crippen molar-refractivity contribution in [2.24, 2.45) is 0 Å². The molecule has 0 saturated carbocycles. The predicted molar refractivity (Wildman–Crippen MR) is 152 cm³/mol.